The van der Waals surface area contributed by atoms with Crippen molar-refractivity contribution in [3.05, 3.63) is 231 Å². The summed E-state index contributed by atoms with van der Waals surface area (Å²) in [6, 6.07) is 85.0. The zero-order valence-electron chi connectivity index (χ0n) is 33.8. The molecule has 0 atom stereocenters. The van der Waals surface area contributed by atoms with Crippen molar-refractivity contribution in [2.45, 2.75) is 0 Å². The summed E-state index contributed by atoms with van der Waals surface area (Å²) >= 11 is 0. The van der Waals surface area contributed by atoms with Crippen LogP contribution in [0.1, 0.15) is 0 Å². The third kappa shape index (κ3) is 5.23. The molecule has 2 heteroatoms. The van der Waals surface area contributed by atoms with Crippen LogP contribution in [0.5, 0.6) is 0 Å². The summed E-state index contributed by atoms with van der Waals surface area (Å²) in [5.41, 5.74) is 21.8. The first-order valence-corrected chi connectivity index (χ1v) is 21.4. The molecule has 0 radical (unpaired) electrons. The normalized spacial score (nSPS) is 11.9. The highest BCUT2D eigenvalue weighted by molar-refractivity contribution is 6.18. The number of aromatic nitrogens is 2. The number of benzene rings is 10. The Bertz CT molecular complexity index is 3720. The molecular weight excluding hydrogens is 749 g/mol. The quantitative estimate of drug-likeness (QED) is 0.168. The fourth-order valence-corrected chi connectivity index (χ4v) is 10.3. The van der Waals surface area contributed by atoms with Crippen LogP contribution in [0.4, 0.5) is 0 Å². The molecule has 62 heavy (non-hydrogen) atoms. The van der Waals surface area contributed by atoms with Gasteiger partial charge in [0.2, 0.25) is 0 Å². The molecule has 0 fully saturated rings. The third-order valence-corrected chi connectivity index (χ3v) is 13.1. The Labute approximate surface area is 359 Å². The van der Waals surface area contributed by atoms with E-state index in [0.29, 0.717) is 0 Å². The van der Waals surface area contributed by atoms with E-state index in [-0.39, 0.29) is 0 Å². The lowest BCUT2D eigenvalue weighted by Gasteiger charge is -2.24. The second-order valence-corrected chi connectivity index (χ2v) is 16.5. The van der Waals surface area contributed by atoms with Crippen LogP contribution in [0, 0.1) is 0 Å². The minimum Gasteiger partial charge on any atom is -0.309 e. The van der Waals surface area contributed by atoms with Gasteiger partial charge in [-0.2, -0.15) is 0 Å². The molecule has 0 N–H and O–H groups in total. The Hall–Kier alpha value is -8.20. The van der Waals surface area contributed by atoms with Crippen LogP contribution in [-0.4, -0.2) is 9.13 Å². The maximum atomic E-state index is 2.49. The first-order valence-electron chi connectivity index (χ1n) is 21.4. The zero-order valence-corrected chi connectivity index (χ0v) is 33.8. The summed E-state index contributed by atoms with van der Waals surface area (Å²) < 4.78 is 4.92. The summed E-state index contributed by atoms with van der Waals surface area (Å²) in [6.07, 6.45) is 0. The van der Waals surface area contributed by atoms with E-state index in [9.17, 15) is 0 Å². The van der Waals surface area contributed by atoms with Crippen LogP contribution in [0.15, 0.2) is 231 Å². The highest BCUT2D eigenvalue weighted by Crippen LogP contribution is 2.51. The lowest BCUT2D eigenvalue weighted by molar-refractivity contribution is 1.18. The van der Waals surface area contributed by atoms with Gasteiger partial charge in [-0.1, -0.05) is 170 Å². The number of hydrogen-bond acceptors (Lipinski definition) is 0. The lowest BCUT2D eigenvalue weighted by Crippen LogP contribution is -1.99. The van der Waals surface area contributed by atoms with E-state index in [0.717, 1.165) is 11.4 Å². The van der Waals surface area contributed by atoms with E-state index in [4.69, 9.17) is 0 Å². The van der Waals surface area contributed by atoms with Crippen LogP contribution < -0.4 is 0 Å². The minimum absolute atomic E-state index is 1.14. The summed E-state index contributed by atoms with van der Waals surface area (Å²) in [7, 11) is 0. The first kappa shape index (κ1) is 34.6. The second-order valence-electron chi connectivity index (χ2n) is 16.5. The first-order chi connectivity index (χ1) is 30.8. The molecule has 288 valence electrons. The molecule has 2 aromatic heterocycles. The van der Waals surface area contributed by atoms with Crippen molar-refractivity contribution in [2.75, 3.05) is 0 Å². The van der Waals surface area contributed by atoms with Crippen molar-refractivity contribution >= 4 is 43.6 Å². The molecule has 0 bridgehead atoms. The van der Waals surface area contributed by atoms with E-state index >= 15 is 0 Å². The van der Waals surface area contributed by atoms with Gasteiger partial charge in [0.25, 0.3) is 0 Å². The molecule has 0 saturated carbocycles. The van der Waals surface area contributed by atoms with Crippen LogP contribution >= 0.6 is 0 Å². The van der Waals surface area contributed by atoms with E-state index in [2.05, 4.69) is 240 Å². The average Bonchev–Trinajstić information content (AvgIpc) is 3.85. The predicted molar refractivity (Wildman–Crippen MR) is 261 cm³/mol. The molecule has 2 heterocycles. The fourth-order valence-electron chi connectivity index (χ4n) is 10.3. The van der Waals surface area contributed by atoms with Gasteiger partial charge in [0.05, 0.1) is 22.1 Å². The van der Waals surface area contributed by atoms with Gasteiger partial charge in [-0.3, -0.25) is 0 Å². The smallest absolute Gasteiger partial charge is 0.0547 e. The molecule has 0 aliphatic heterocycles. The van der Waals surface area contributed by atoms with Crippen molar-refractivity contribution in [1.29, 1.82) is 0 Å². The molecule has 13 rings (SSSR count). The maximum Gasteiger partial charge on any atom is 0.0547 e. The largest absolute Gasteiger partial charge is 0.309 e. The molecule has 1 aliphatic rings. The lowest BCUT2D eigenvalue weighted by atomic mass is 9.80. The third-order valence-electron chi connectivity index (χ3n) is 13.1. The van der Waals surface area contributed by atoms with E-state index in [1.54, 1.807) is 0 Å². The standard InChI is InChI=1S/C60H38N2/c1-3-16-39(17-4-1)41-30-32-43(33-31-41)61-57-28-13-11-26-49(57)55-35-51-52-36-56-50-27-12-14-29-58(50)62(44-21-15-20-42(34-44)40-18-5-2-6-19-40)60(56)38-54(52)48-25-10-8-23-46(48)45-22-7-9-24-47(45)53(51)37-59(55)61/h1-38H. The second kappa shape index (κ2) is 13.7. The Morgan fingerprint density at radius 1 is 0.194 bits per heavy atom. The topological polar surface area (TPSA) is 9.86 Å². The van der Waals surface area contributed by atoms with Gasteiger partial charge in [0.1, 0.15) is 0 Å². The maximum absolute atomic E-state index is 2.49. The number of hydrogen-bond donors (Lipinski definition) is 0. The number of nitrogens with zero attached hydrogens (tertiary/aromatic N) is 2. The summed E-state index contributed by atoms with van der Waals surface area (Å²) in [5.74, 6) is 0. The summed E-state index contributed by atoms with van der Waals surface area (Å²) in [6.45, 7) is 0. The Balaban J connectivity index is 1.12. The van der Waals surface area contributed by atoms with Crippen LogP contribution in [0.25, 0.3) is 122 Å². The van der Waals surface area contributed by atoms with Crippen molar-refractivity contribution in [2.24, 2.45) is 0 Å². The van der Waals surface area contributed by atoms with Crippen LogP contribution in [0.2, 0.25) is 0 Å². The molecule has 1 aliphatic carbocycles. The molecule has 0 spiro atoms. The van der Waals surface area contributed by atoms with Crippen LogP contribution in [-0.2, 0) is 0 Å². The molecule has 0 saturated heterocycles. The molecule has 10 aromatic carbocycles. The Kier molecular flexibility index (Phi) is 7.64. The molecule has 2 nitrogen and oxygen atoms in total. The molecule has 0 amide bonds. The van der Waals surface area contributed by atoms with Crippen LogP contribution in [0.3, 0.4) is 0 Å². The van der Waals surface area contributed by atoms with Gasteiger partial charge in [0.15, 0.2) is 0 Å². The average molecular weight is 787 g/mol. The van der Waals surface area contributed by atoms with E-state index in [1.165, 1.54) is 110 Å². The van der Waals surface area contributed by atoms with E-state index < -0.39 is 0 Å². The number of rotatable bonds is 4. The number of para-hydroxylation sites is 2. The van der Waals surface area contributed by atoms with Gasteiger partial charge in [-0.15, -0.1) is 0 Å². The van der Waals surface area contributed by atoms with E-state index in [1.807, 2.05) is 0 Å². The fraction of sp³-hybridized carbons (Fsp3) is 0. The van der Waals surface area contributed by atoms with Crippen molar-refractivity contribution < 1.29 is 0 Å². The highest BCUT2D eigenvalue weighted by Gasteiger charge is 2.26. The Morgan fingerprint density at radius 2 is 0.581 bits per heavy atom. The number of fused-ring (bicyclic) bond motifs is 14. The zero-order chi connectivity index (χ0) is 40.7. The van der Waals surface area contributed by atoms with Crippen molar-refractivity contribution in [3.8, 4) is 78.1 Å². The molecule has 12 aromatic rings. The SMILES string of the molecule is c1ccc(-c2ccc(-n3c4ccccc4c4cc5c(cc43)-c3ccccc3-c3ccccc3-c3cc4c(cc3-5)c3ccccc3n4-c3cccc(-c4ccccc4)c3)cc2)cc1. The predicted octanol–water partition coefficient (Wildman–Crippen LogP) is 16.2. The van der Waals surface area contributed by atoms with Crippen molar-refractivity contribution in [1.82, 2.24) is 9.13 Å². The monoisotopic (exact) mass is 786 g/mol. The van der Waals surface area contributed by atoms with Gasteiger partial charge in [-0.25, -0.2) is 0 Å². The Morgan fingerprint density at radius 3 is 1.11 bits per heavy atom. The van der Waals surface area contributed by atoms with Gasteiger partial charge < -0.3 is 9.13 Å². The summed E-state index contributed by atoms with van der Waals surface area (Å²) in [5, 5.41) is 4.96. The minimum atomic E-state index is 1.14. The molecule has 0 unspecified atom stereocenters. The van der Waals surface area contributed by atoms with Gasteiger partial charge >= 0.3 is 0 Å². The highest BCUT2D eigenvalue weighted by atomic mass is 15.0. The van der Waals surface area contributed by atoms with Gasteiger partial charge in [-0.05, 0) is 127 Å². The summed E-state index contributed by atoms with van der Waals surface area (Å²) in [4.78, 5) is 0. The van der Waals surface area contributed by atoms with Gasteiger partial charge in [0, 0.05) is 32.9 Å². The molecular formula is C60H38N2. The van der Waals surface area contributed by atoms with Crippen molar-refractivity contribution in [3.63, 3.8) is 0 Å².